The molecule has 66 heavy (non-hydrogen) atoms. The molecule has 1 rings (SSSR count). The van der Waals surface area contributed by atoms with Crippen molar-refractivity contribution in [3.63, 3.8) is 0 Å². The molecule has 6 atom stereocenters. The standard InChI is InChI=1S/C53H100O12S/c1-3-5-7-9-11-13-15-17-19-21-22-23-24-25-27-29-31-33-35-37-39-41-43-61-45-47(46-62-53-51(57)52(65-66(58,59)60)50(56)48(44-54)64-53)63-49(55)42-40-38-36-34-32-30-28-26-20-18-16-14-12-10-8-6-4-2/h12,14,18,20,47-48,50-54,56-57H,3-11,13,15-17,19,21-46H2,1-2H3,(H,58,59,60)/b14-12-,20-18-. The van der Waals surface area contributed by atoms with Gasteiger partial charge in [0.1, 0.15) is 30.5 Å². The summed E-state index contributed by atoms with van der Waals surface area (Å²) in [6.45, 7) is 4.01. The lowest BCUT2D eigenvalue weighted by Crippen LogP contribution is -2.60. The van der Waals surface area contributed by atoms with E-state index < -0.39 is 59.8 Å². The quantitative estimate of drug-likeness (QED) is 0.0197. The van der Waals surface area contributed by atoms with E-state index in [4.69, 9.17) is 18.9 Å². The van der Waals surface area contributed by atoms with Gasteiger partial charge in [-0.25, -0.2) is 4.18 Å². The van der Waals surface area contributed by atoms with E-state index in [9.17, 15) is 33.1 Å². The molecule has 0 amide bonds. The molecule has 0 radical (unpaired) electrons. The summed E-state index contributed by atoms with van der Waals surface area (Å²) in [4.78, 5) is 12.9. The SMILES string of the molecule is CCCCC/C=C\C/C=C\CCCCCCCCCC(=O)OC(COCCCCCCCCCCCCCCCCCCCCCCCC)COC1OC(CO)C(O)C(OS(=O)(=O)O)C1O. The number of hydrogen-bond donors (Lipinski definition) is 4. The predicted molar refractivity (Wildman–Crippen MR) is 267 cm³/mol. The number of ether oxygens (including phenoxy) is 4. The fraction of sp³-hybridized carbons (Fsp3) is 0.906. The number of carbonyl (C=O) groups is 1. The second-order valence-electron chi connectivity index (χ2n) is 18.8. The predicted octanol–water partition coefficient (Wildman–Crippen LogP) is 12.8. The molecule has 1 fully saturated rings. The van der Waals surface area contributed by atoms with Gasteiger partial charge < -0.3 is 34.3 Å². The molecular weight excluding hydrogens is 861 g/mol. The van der Waals surface area contributed by atoms with Crippen molar-refractivity contribution in [3.8, 4) is 0 Å². The maximum atomic E-state index is 12.9. The van der Waals surface area contributed by atoms with Crippen LogP contribution in [-0.2, 0) is 38.3 Å². The third kappa shape index (κ3) is 37.5. The highest BCUT2D eigenvalue weighted by molar-refractivity contribution is 7.80. The van der Waals surface area contributed by atoms with E-state index in [2.05, 4.69) is 42.3 Å². The number of esters is 1. The Balaban J connectivity index is 2.32. The first-order valence-electron chi connectivity index (χ1n) is 27.1. The highest BCUT2D eigenvalue weighted by atomic mass is 32.3. The molecule has 0 aromatic rings. The van der Waals surface area contributed by atoms with Gasteiger partial charge in [-0.3, -0.25) is 9.35 Å². The van der Waals surface area contributed by atoms with Gasteiger partial charge in [0.2, 0.25) is 0 Å². The van der Waals surface area contributed by atoms with Gasteiger partial charge in [-0.1, -0.05) is 218 Å². The lowest BCUT2D eigenvalue weighted by atomic mass is 9.99. The molecule has 0 aromatic carbocycles. The Morgan fingerprint density at radius 2 is 1.00 bits per heavy atom. The van der Waals surface area contributed by atoms with Crippen LogP contribution in [0.25, 0.3) is 0 Å². The van der Waals surface area contributed by atoms with Gasteiger partial charge >= 0.3 is 16.4 Å². The molecule has 1 aliphatic heterocycles. The van der Waals surface area contributed by atoms with E-state index in [-0.39, 0.29) is 19.6 Å². The Labute approximate surface area is 403 Å². The van der Waals surface area contributed by atoms with Gasteiger partial charge in [-0.2, -0.15) is 8.42 Å². The van der Waals surface area contributed by atoms with Gasteiger partial charge in [0.25, 0.3) is 0 Å². The summed E-state index contributed by atoms with van der Waals surface area (Å²) in [5, 5.41) is 30.8. The first kappa shape index (κ1) is 62.6. The van der Waals surface area contributed by atoms with E-state index in [1.807, 2.05) is 0 Å². The van der Waals surface area contributed by atoms with Crippen molar-refractivity contribution in [2.45, 2.75) is 282 Å². The number of carbonyl (C=O) groups excluding carboxylic acids is 1. The Morgan fingerprint density at radius 1 is 0.576 bits per heavy atom. The van der Waals surface area contributed by atoms with Gasteiger partial charge in [0.15, 0.2) is 6.29 Å². The summed E-state index contributed by atoms with van der Waals surface area (Å²) in [6.07, 6.45) is 43.5. The molecule has 6 unspecified atom stereocenters. The average Bonchev–Trinajstić information content (AvgIpc) is 3.29. The van der Waals surface area contributed by atoms with Gasteiger partial charge in [0, 0.05) is 13.0 Å². The Kier molecular flexibility index (Phi) is 42.5. The zero-order chi connectivity index (χ0) is 48.2. The van der Waals surface area contributed by atoms with Crippen molar-refractivity contribution in [3.05, 3.63) is 24.3 Å². The second-order valence-corrected chi connectivity index (χ2v) is 19.9. The van der Waals surface area contributed by atoms with E-state index >= 15 is 0 Å². The minimum atomic E-state index is -5.06. The van der Waals surface area contributed by atoms with Crippen molar-refractivity contribution in [2.24, 2.45) is 0 Å². The number of aliphatic hydroxyl groups excluding tert-OH is 3. The van der Waals surface area contributed by atoms with Crippen LogP contribution in [0.2, 0.25) is 0 Å². The molecule has 0 aliphatic carbocycles. The lowest BCUT2D eigenvalue weighted by molar-refractivity contribution is -0.301. The van der Waals surface area contributed by atoms with Gasteiger partial charge in [-0.15, -0.1) is 0 Å². The molecule has 1 aliphatic rings. The molecule has 0 spiro atoms. The third-order valence-corrected chi connectivity index (χ3v) is 13.0. The number of aliphatic hydroxyl groups is 3. The van der Waals surface area contributed by atoms with Crippen molar-refractivity contribution in [1.82, 2.24) is 0 Å². The second kappa shape index (κ2) is 44.8. The first-order chi connectivity index (χ1) is 32.1. The summed E-state index contributed by atoms with van der Waals surface area (Å²) in [7, 11) is -5.06. The van der Waals surface area contributed by atoms with Crippen LogP contribution < -0.4 is 0 Å². The summed E-state index contributed by atoms with van der Waals surface area (Å²) < 4.78 is 59.3. The third-order valence-electron chi connectivity index (χ3n) is 12.6. The molecule has 13 heteroatoms. The number of unbranched alkanes of at least 4 members (excludes halogenated alkanes) is 31. The zero-order valence-electron chi connectivity index (χ0n) is 42.0. The highest BCUT2D eigenvalue weighted by Crippen LogP contribution is 2.26. The molecule has 1 saturated heterocycles. The number of hydrogen-bond acceptors (Lipinski definition) is 11. The fourth-order valence-electron chi connectivity index (χ4n) is 8.47. The van der Waals surface area contributed by atoms with Crippen molar-refractivity contribution < 1.29 is 56.2 Å². The minimum Gasteiger partial charge on any atom is -0.457 e. The fourth-order valence-corrected chi connectivity index (χ4v) is 8.98. The summed E-state index contributed by atoms with van der Waals surface area (Å²) in [6, 6.07) is 0. The van der Waals surface area contributed by atoms with Crippen molar-refractivity contribution in [2.75, 3.05) is 26.4 Å². The Hall–Kier alpha value is -1.42. The van der Waals surface area contributed by atoms with Crippen molar-refractivity contribution in [1.29, 1.82) is 0 Å². The average molecular weight is 961 g/mol. The Morgan fingerprint density at radius 3 is 1.47 bits per heavy atom. The van der Waals surface area contributed by atoms with E-state index in [1.165, 1.54) is 167 Å². The van der Waals surface area contributed by atoms with Crippen LogP contribution in [0.4, 0.5) is 0 Å². The van der Waals surface area contributed by atoms with Crippen LogP contribution >= 0.6 is 0 Å². The Bertz CT molecular complexity index is 1250. The maximum absolute atomic E-state index is 12.9. The van der Waals surface area contributed by atoms with Crippen LogP contribution in [0.3, 0.4) is 0 Å². The minimum absolute atomic E-state index is 0.0374. The van der Waals surface area contributed by atoms with Crippen molar-refractivity contribution >= 4 is 16.4 Å². The van der Waals surface area contributed by atoms with Gasteiger partial charge in [0.05, 0.1) is 19.8 Å². The van der Waals surface area contributed by atoms with Crippen LogP contribution in [0.1, 0.15) is 245 Å². The molecule has 4 N–H and O–H groups in total. The smallest absolute Gasteiger partial charge is 0.397 e. The molecule has 0 saturated carbocycles. The summed E-state index contributed by atoms with van der Waals surface area (Å²) >= 11 is 0. The number of allylic oxidation sites excluding steroid dienone is 4. The van der Waals surface area contributed by atoms with Crippen LogP contribution in [-0.4, -0.2) is 97.5 Å². The molecule has 1 heterocycles. The lowest BCUT2D eigenvalue weighted by Gasteiger charge is -2.41. The summed E-state index contributed by atoms with van der Waals surface area (Å²) in [5.74, 6) is -0.402. The highest BCUT2D eigenvalue weighted by Gasteiger charge is 2.48. The summed E-state index contributed by atoms with van der Waals surface area (Å²) in [5.41, 5.74) is 0. The molecule has 12 nitrogen and oxygen atoms in total. The van der Waals surface area contributed by atoms with E-state index in [0.717, 1.165) is 51.4 Å². The molecular formula is C53H100O12S. The topological polar surface area (TPSA) is 178 Å². The first-order valence-corrected chi connectivity index (χ1v) is 28.5. The number of rotatable bonds is 48. The van der Waals surface area contributed by atoms with Crippen LogP contribution in [0, 0.1) is 0 Å². The molecule has 0 aromatic heterocycles. The zero-order valence-corrected chi connectivity index (χ0v) is 42.8. The van der Waals surface area contributed by atoms with Crippen LogP contribution in [0.5, 0.6) is 0 Å². The monoisotopic (exact) mass is 961 g/mol. The van der Waals surface area contributed by atoms with E-state index in [0.29, 0.717) is 13.0 Å². The van der Waals surface area contributed by atoms with E-state index in [1.54, 1.807) is 0 Å². The molecule has 0 bridgehead atoms. The maximum Gasteiger partial charge on any atom is 0.397 e. The van der Waals surface area contributed by atoms with Crippen LogP contribution in [0.15, 0.2) is 24.3 Å². The normalized spacial score (nSPS) is 19.6. The largest absolute Gasteiger partial charge is 0.457 e. The molecule has 390 valence electrons. The van der Waals surface area contributed by atoms with Gasteiger partial charge in [-0.05, 0) is 44.9 Å².